The van der Waals surface area contributed by atoms with Crippen molar-refractivity contribution in [3.05, 3.63) is 53.1 Å². The largest absolute Gasteiger partial charge is 0.451 e. The number of hydroxylamine groups is 1. The van der Waals surface area contributed by atoms with Gasteiger partial charge in [-0.15, -0.1) is 0 Å². The first-order valence-corrected chi connectivity index (χ1v) is 13.6. The molecule has 1 aliphatic rings. The zero-order valence-electron chi connectivity index (χ0n) is 20.7. The van der Waals surface area contributed by atoms with E-state index < -0.39 is 44.8 Å². The summed E-state index contributed by atoms with van der Waals surface area (Å²) in [6.07, 6.45) is 3.10. The highest BCUT2D eigenvalue weighted by Gasteiger charge is 2.30. The van der Waals surface area contributed by atoms with Gasteiger partial charge < -0.3 is 9.64 Å². The molecule has 0 saturated carbocycles. The molecule has 2 aromatic carbocycles. The number of sulfonamides is 1. The van der Waals surface area contributed by atoms with E-state index in [9.17, 15) is 26.8 Å². The van der Waals surface area contributed by atoms with Crippen LogP contribution in [-0.2, 0) is 19.6 Å². The first-order chi connectivity index (χ1) is 18.0. The normalized spacial score (nSPS) is 14.4. The van der Waals surface area contributed by atoms with Crippen molar-refractivity contribution in [3.63, 3.8) is 0 Å². The Hall–Kier alpha value is -2.84. The number of amides is 2. The molecule has 0 bridgehead atoms. The maximum absolute atomic E-state index is 14.8. The smallest absolute Gasteiger partial charge is 0.258 e. The lowest BCUT2D eigenvalue weighted by Crippen LogP contribution is -2.46. The number of ether oxygens (including phenoxy) is 1. The Morgan fingerprint density at radius 1 is 1.08 bits per heavy atom. The van der Waals surface area contributed by atoms with E-state index in [2.05, 4.69) is 0 Å². The molecule has 0 spiro atoms. The molecule has 0 atom stereocenters. The standard InChI is InChI=1S/C24H29ClF2N4O6S/c1-29(23(33)16-30-9-3-2-4-10-30)11-12-31(15-22(32)28-34)38(35,36)19-13-20(26)24(21(27)14-19)37-18-7-5-17(25)6-8-18/h5-8,13-14,34H,2-4,9-12,15-16H2,1H3,(H,28,32). The van der Waals surface area contributed by atoms with Crippen LogP contribution in [0.15, 0.2) is 41.3 Å². The van der Waals surface area contributed by atoms with Gasteiger partial charge in [-0.25, -0.2) is 22.7 Å². The number of likely N-dealkylation sites (N-methyl/N-ethyl adjacent to an activating group) is 1. The highest BCUT2D eigenvalue weighted by atomic mass is 35.5. The molecule has 3 rings (SSSR count). The molecule has 2 aromatic rings. The Kier molecular flexibility index (Phi) is 10.4. The predicted octanol–water partition coefficient (Wildman–Crippen LogP) is 2.85. The number of rotatable bonds is 11. The Morgan fingerprint density at radius 2 is 1.68 bits per heavy atom. The number of nitrogens with zero attached hydrogens (tertiary/aromatic N) is 3. The molecular formula is C24H29ClF2N4O6S. The van der Waals surface area contributed by atoms with Crippen molar-refractivity contribution in [2.75, 3.05) is 46.3 Å². The number of hydrogen-bond donors (Lipinski definition) is 2. The number of carbonyl (C=O) groups is 2. The molecule has 38 heavy (non-hydrogen) atoms. The monoisotopic (exact) mass is 574 g/mol. The lowest BCUT2D eigenvalue weighted by Gasteiger charge is -2.29. The lowest BCUT2D eigenvalue weighted by molar-refractivity contribution is -0.131. The zero-order valence-corrected chi connectivity index (χ0v) is 22.3. The summed E-state index contributed by atoms with van der Waals surface area (Å²) in [6.45, 7) is 0.444. The van der Waals surface area contributed by atoms with E-state index in [-0.39, 0.29) is 31.3 Å². The van der Waals surface area contributed by atoms with Crippen molar-refractivity contribution >= 4 is 33.4 Å². The van der Waals surface area contributed by atoms with Gasteiger partial charge >= 0.3 is 0 Å². The molecule has 1 aliphatic heterocycles. The quantitative estimate of drug-likeness (QED) is 0.313. The average molecular weight is 575 g/mol. The summed E-state index contributed by atoms with van der Waals surface area (Å²) in [6, 6.07) is 6.79. The van der Waals surface area contributed by atoms with Crippen molar-refractivity contribution < 1.29 is 36.7 Å². The summed E-state index contributed by atoms with van der Waals surface area (Å²) in [5.74, 6) is -4.65. The first kappa shape index (κ1) is 29.7. The minimum Gasteiger partial charge on any atom is -0.451 e. The van der Waals surface area contributed by atoms with Crippen LogP contribution in [0.25, 0.3) is 0 Å². The van der Waals surface area contributed by atoms with E-state index >= 15 is 0 Å². The molecule has 0 aromatic heterocycles. The topological polar surface area (TPSA) is 119 Å². The van der Waals surface area contributed by atoms with E-state index in [0.29, 0.717) is 21.5 Å². The van der Waals surface area contributed by atoms with Crippen molar-refractivity contribution in [2.45, 2.75) is 24.2 Å². The Labute approximate surface area is 224 Å². The van der Waals surface area contributed by atoms with E-state index in [1.807, 2.05) is 4.90 Å². The third-order valence-electron chi connectivity index (χ3n) is 6.01. The van der Waals surface area contributed by atoms with Gasteiger partial charge in [-0.3, -0.25) is 19.7 Å². The van der Waals surface area contributed by atoms with E-state index in [4.69, 9.17) is 21.5 Å². The number of likely N-dealkylation sites (tertiary alicyclic amines) is 1. The fourth-order valence-corrected chi connectivity index (χ4v) is 5.39. The minimum atomic E-state index is -4.64. The number of hydrogen-bond acceptors (Lipinski definition) is 7. The molecule has 0 radical (unpaired) electrons. The minimum absolute atomic E-state index is 0.0707. The third kappa shape index (κ3) is 7.84. The molecule has 2 N–H and O–H groups in total. The fraction of sp³-hybridized carbons (Fsp3) is 0.417. The van der Waals surface area contributed by atoms with Gasteiger partial charge in [0.15, 0.2) is 17.4 Å². The molecule has 208 valence electrons. The lowest BCUT2D eigenvalue weighted by atomic mass is 10.1. The molecule has 2 amide bonds. The van der Waals surface area contributed by atoms with Crippen molar-refractivity contribution in [3.8, 4) is 11.5 Å². The second-order valence-corrected chi connectivity index (χ2v) is 11.2. The summed E-state index contributed by atoms with van der Waals surface area (Å²) in [5.41, 5.74) is 1.34. The highest BCUT2D eigenvalue weighted by molar-refractivity contribution is 7.89. The molecule has 1 fully saturated rings. The molecule has 1 heterocycles. The van der Waals surface area contributed by atoms with Crippen molar-refractivity contribution in [1.82, 2.24) is 19.6 Å². The van der Waals surface area contributed by atoms with Gasteiger partial charge in [0.05, 0.1) is 18.0 Å². The second kappa shape index (κ2) is 13.3. The Balaban J connectivity index is 1.77. The van der Waals surface area contributed by atoms with Crippen LogP contribution in [0.4, 0.5) is 8.78 Å². The maximum Gasteiger partial charge on any atom is 0.258 e. The fourth-order valence-electron chi connectivity index (χ4n) is 3.85. The number of nitrogens with one attached hydrogen (secondary N) is 1. The summed E-state index contributed by atoms with van der Waals surface area (Å²) in [7, 11) is -3.14. The van der Waals surface area contributed by atoms with Crippen LogP contribution in [0.3, 0.4) is 0 Å². The van der Waals surface area contributed by atoms with Gasteiger partial charge in [0, 0.05) is 25.2 Å². The van der Waals surface area contributed by atoms with E-state index in [0.717, 1.165) is 32.4 Å². The van der Waals surface area contributed by atoms with Crippen molar-refractivity contribution in [1.29, 1.82) is 0 Å². The summed E-state index contributed by atoms with van der Waals surface area (Å²) < 4.78 is 61.9. The van der Waals surface area contributed by atoms with Crippen molar-refractivity contribution in [2.24, 2.45) is 0 Å². The number of piperidine rings is 1. The van der Waals surface area contributed by atoms with Gasteiger partial charge in [0.25, 0.3) is 5.91 Å². The molecule has 0 aliphatic carbocycles. The van der Waals surface area contributed by atoms with E-state index in [1.54, 1.807) is 0 Å². The SMILES string of the molecule is CN(CCN(CC(=O)NO)S(=O)(=O)c1cc(F)c(Oc2ccc(Cl)cc2)c(F)c1)C(=O)CN1CCCCC1. The second-order valence-electron chi connectivity index (χ2n) is 8.80. The maximum atomic E-state index is 14.8. The third-order valence-corrected chi connectivity index (χ3v) is 8.08. The van der Waals surface area contributed by atoms with Crippen LogP contribution < -0.4 is 10.2 Å². The van der Waals surface area contributed by atoms with Crippen LogP contribution in [0.1, 0.15) is 19.3 Å². The van der Waals surface area contributed by atoms with Gasteiger partial charge in [-0.2, -0.15) is 4.31 Å². The molecule has 14 heteroatoms. The average Bonchev–Trinajstić information content (AvgIpc) is 2.89. The van der Waals surface area contributed by atoms with Gasteiger partial charge in [-0.1, -0.05) is 18.0 Å². The number of halogens is 3. The number of carbonyl (C=O) groups excluding carboxylic acids is 2. The number of benzene rings is 2. The van der Waals surface area contributed by atoms with Crippen LogP contribution in [0, 0.1) is 11.6 Å². The molecule has 10 nitrogen and oxygen atoms in total. The predicted molar refractivity (Wildman–Crippen MR) is 134 cm³/mol. The van der Waals surface area contributed by atoms with Gasteiger partial charge in [0.1, 0.15) is 5.75 Å². The van der Waals surface area contributed by atoms with E-state index in [1.165, 1.54) is 41.7 Å². The van der Waals surface area contributed by atoms with Crippen LogP contribution >= 0.6 is 11.6 Å². The Bertz CT molecular complexity index is 1220. The molecule has 0 unspecified atom stereocenters. The first-order valence-electron chi connectivity index (χ1n) is 11.8. The zero-order chi connectivity index (χ0) is 27.9. The summed E-state index contributed by atoms with van der Waals surface area (Å²) in [4.78, 5) is 27.0. The molecular weight excluding hydrogens is 546 g/mol. The molecule has 1 saturated heterocycles. The summed E-state index contributed by atoms with van der Waals surface area (Å²) in [5, 5.41) is 9.29. The van der Waals surface area contributed by atoms with Crippen LogP contribution in [0.2, 0.25) is 5.02 Å². The van der Waals surface area contributed by atoms with Crippen LogP contribution in [0.5, 0.6) is 11.5 Å². The van der Waals surface area contributed by atoms with Crippen LogP contribution in [-0.4, -0.2) is 85.9 Å². The highest BCUT2D eigenvalue weighted by Crippen LogP contribution is 2.31. The Morgan fingerprint density at radius 3 is 2.26 bits per heavy atom. The summed E-state index contributed by atoms with van der Waals surface area (Å²) >= 11 is 5.79. The van der Waals surface area contributed by atoms with Gasteiger partial charge in [-0.05, 0) is 62.3 Å². The van der Waals surface area contributed by atoms with Gasteiger partial charge in [0.2, 0.25) is 15.9 Å².